The van der Waals surface area contributed by atoms with Crippen molar-refractivity contribution in [1.82, 2.24) is 4.98 Å². The number of hydrogen-bond acceptors (Lipinski definition) is 3. The highest BCUT2D eigenvalue weighted by Gasteiger charge is 2.06. The SMILES string of the molecule is CC.Cc1nc(N)sc1CC(C)C. The molecule has 2 nitrogen and oxygen atoms in total. The number of aromatic nitrogens is 1. The van der Waals surface area contributed by atoms with Gasteiger partial charge in [0, 0.05) is 4.88 Å². The van der Waals surface area contributed by atoms with Crippen LogP contribution >= 0.6 is 11.3 Å². The summed E-state index contributed by atoms with van der Waals surface area (Å²) in [5.74, 6) is 0.688. The molecule has 0 saturated carbocycles. The van der Waals surface area contributed by atoms with Gasteiger partial charge in [0.2, 0.25) is 0 Å². The van der Waals surface area contributed by atoms with Gasteiger partial charge >= 0.3 is 0 Å². The van der Waals surface area contributed by atoms with Gasteiger partial charge in [-0.05, 0) is 19.3 Å². The highest BCUT2D eigenvalue weighted by atomic mass is 32.1. The monoisotopic (exact) mass is 200 g/mol. The average molecular weight is 200 g/mol. The van der Waals surface area contributed by atoms with E-state index in [2.05, 4.69) is 18.8 Å². The van der Waals surface area contributed by atoms with Crippen molar-refractivity contribution in [3.63, 3.8) is 0 Å². The Kier molecular flexibility index (Phi) is 5.71. The molecule has 0 aliphatic rings. The molecule has 1 aromatic rings. The lowest BCUT2D eigenvalue weighted by molar-refractivity contribution is 0.651. The Balaban J connectivity index is 0.000000671. The van der Waals surface area contributed by atoms with Gasteiger partial charge in [-0.3, -0.25) is 0 Å². The molecule has 1 heterocycles. The van der Waals surface area contributed by atoms with Gasteiger partial charge in [-0.1, -0.05) is 27.7 Å². The largest absolute Gasteiger partial charge is 0.375 e. The zero-order valence-electron chi connectivity index (χ0n) is 9.22. The van der Waals surface area contributed by atoms with Gasteiger partial charge in [0.1, 0.15) is 0 Å². The minimum Gasteiger partial charge on any atom is -0.375 e. The molecule has 0 unspecified atom stereocenters. The van der Waals surface area contributed by atoms with Gasteiger partial charge in [0.25, 0.3) is 0 Å². The van der Waals surface area contributed by atoms with Crippen LogP contribution in [-0.2, 0) is 6.42 Å². The molecule has 76 valence electrons. The summed E-state index contributed by atoms with van der Waals surface area (Å²) in [5, 5.41) is 0.693. The van der Waals surface area contributed by atoms with Crippen LogP contribution in [0.4, 0.5) is 5.13 Å². The van der Waals surface area contributed by atoms with Gasteiger partial charge in [-0.25, -0.2) is 4.98 Å². The van der Waals surface area contributed by atoms with E-state index in [4.69, 9.17) is 5.73 Å². The smallest absolute Gasteiger partial charge is 0.180 e. The molecule has 0 radical (unpaired) electrons. The lowest BCUT2D eigenvalue weighted by Crippen LogP contribution is -1.92. The molecule has 2 N–H and O–H groups in total. The maximum absolute atomic E-state index is 5.56. The van der Waals surface area contributed by atoms with Crippen molar-refractivity contribution in [1.29, 1.82) is 0 Å². The van der Waals surface area contributed by atoms with Crippen molar-refractivity contribution in [2.75, 3.05) is 5.73 Å². The third-order valence-corrected chi connectivity index (χ3v) is 2.51. The van der Waals surface area contributed by atoms with Crippen molar-refractivity contribution >= 4 is 16.5 Å². The Labute approximate surface area is 85.2 Å². The molecular formula is C10H20N2S. The molecule has 0 aliphatic heterocycles. The van der Waals surface area contributed by atoms with Crippen LogP contribution in [0.1, 0.15) is 38.3 Å². The molecule has 0 spiro atoms. The summed E-state index contributed by atoms with van der Waals surface area (Å²) in [7, 11) is 0. The third kappa shape index (κ3) is 4.27. The number of hydrogen-bond donors (Lipinski definition) is 1. The predicted molar refractivity (Wildman–Crippen MR) is 61.2 cm³/mol. The van der Waals surface area contributed by atoms with Crippen LogP contribution in [0.2, 0.25) is 0 Å². The van der Waals surface area contributed by atoms with Crippen LogP contribution in [0.15, 0.2) is 0 Å². The van der Waals surface area contributed by atoms with E-state index in [0.29, 0.717) is 11.0 Å². The topological polar surface area (TPSA) is 38.9 Å². The zero-order chi connectivity index (χ0) is 10.4. The summed E-state index contributed by atoms with van der Waals surface area (Å²) in [6, 6.07) is 0. The van der Waals surface area contributed by atoms with E-state index in [1.54, 1.807) is 11.3 Å². The Morgan fingerprint density at radius 3 is 2.23 bits per heavy atom. The summed E-state index contributed by atoms with van der Waals surface area (Å²) < 4.78 is 0. The van der Waals surface area contributed by atoms with Crippen molar-refractivity contribution in [2.24, 2.45) is 5.92 Å². The Hall–Kier alpha value is -0.570. The first-order valence-electron chi connectivity index (χ1n) is 4.81. The number of nitrogens with zero attached hydrogens (tertiary/aromatic N) is 1. The van der Waals surface area contributed by atoms with Gasteiger partial charge in [0.05, 0.1) is 5.69 Å². The number of nitrogen functional groups attached to an aromatic ring is 1. The average Bonchev–Trinajstić information content (AvgIpc) is 2.33. The molecule has 0 bridgehead atoms. The van der Waals surface area contributed by atoms with Gasteiger partial charge < -0.3 is 5.73 Å². The van der Waals surface area contributed by atoms with Crippen LogP contribution < -0.4 is 5.73 Å². The summed E-state index contributed by atoms with van der Waals surface area (Å²) in [6.45, 7) is 10.4. The van der Waals surface area contributed by atoms with E-state index in [0.717, 1.165) is 12.1 Å². The lowest BCUT2D eigenvalue weighted by Gasteiger charge is -2.00. The third-order valence-electron chi connectivity index (χ3n) is 1.50. The van der Waals surface area contributed by atoms with Crippen LogP contribution in [0, 0.1) is 12.8 Å². The Bertz CT molecular complexity index is 241. The second-order valence-electron chi connectivity index (χ2n) is 3.16. The molecule has 1 rings (SSSR count). The first kappa shape index (κ1) is 12.4. The van der Waals surface area contributed by atoms with Gasteiger partial charge in [-0.15, -0.1) is 11.3 Å². The van der Waals surface area contributed by atoms with E-state index in [1.807, 2.05) is 20.8 Å². The molecule has 13 heavy (non-hydrogen) atoms. The number of aryl methyl sites for hydroxylation is 1. The van der Waals surface area contributed by atoms with Crippen molar-refractivity contribution in [2.45, 2.75) is 41.0 Å². The minimum atomic E-state index is 0.688. The highest BCUT2D eigenvalue weighted by molar-refractivity contribution is 7.15. The Morgan fingerprint density at radius 2 is 1.92 bits per heavy atom. The first-order valence-corrected chi connectivity index (χ1v) is 5.63. The highest BCUT2D eigenvalue weighted by Crippen LogP contribution is 2.22. The molecule has 0 atom stereocenters. The first-order chi connectivity index (χ1) is 6.09. The number of anilines is 1. The van der Waals surface area contributed by atoms with Crippen molar-refractivity contribution < 1.29 is 0 Å². The number of nitrogens with two attached hydrogens (primary N) is 1. The molecular weight excluding hydrogens is 180 g/mol. The molecule has 0 fully saturated rings. The van der Waals surface area contributed by atoms with E-state index >= 15 is 0 Å². The molecule has 0 saturated heterocycles. The summed E-state index contributed by atoms with van der Waals surface area (Å²) >= 11 is 1.61. The van der Waals surface area contributed by atoms with Crippen LogP contribution in [0.25, 0.3) is 0 Å². The molecule has 0 amide bonds. The van der Waals surface area contributed by atoms with E-state index in [9.17, 15) is 0 Å². The fourth-order valence-corrected chi connectivity index (χ4v) is 2.06. The number of thiazole rings is 1. The second kappa shape index (κ2) is 5.97. The normalized spacial score (nSPS) is 9.69. The second-order valence-corrected chi connectivity index (χ2v) is 4.27. The predicted octanol–water partition coefficient (Wildman–Crippen LogP) is 3.26. The van der Waals surface area contributed by atoms with E-state index in [1.165, 1.54) is 4.88 Å². The summed E-state index contributed by atoms with van der Waals surface area (Å²) in [6.07, 6.45) is 1.10. The Morgan fingerprint density at radius 1 is 1.38 bits per heavy atom. The van der Waals surface area contributed by atoms with E-state index < -0.39 is 0 Å². The zero-order valence-corrected chi connectivity index (χ0v) is 10.0. The maximum atomic E-state index is 5.56. The fraction of sp³-hybridized carbons (Fsp3) is 0.700. The fourth-order valence-electron chi connectivity index (χ4n) is 1.01. The molecule has 0 aliphatic carbocycles. The minimum absolute atomic E-state index is 0.688. The van der Waals surface area contributed by atoms with Crippen LogP contribution in [-0.4, -0.2) is 4.98 Å². The quantitative estimate of drug-likeness (QED) is 0.796. The van der Waals surface area contributed by atoms with Crippen LogP contribution in [0.3, 0.4) is 0 Å². The standard InChI is InChI=1S/C8H14N2S.C2H6/c1-5(2)4-7-6(3)10-8(9)11-7;1-2/h5H,4H2,1-3H3,(H2,9,10);1-2H3. The van der Waals surface area contributed by atoms with E-state index in [-0.39, 0.29) is 0 Å². The summed E-state index contributed by atoms with van der Waals surface area (Å²) in [5.41, 5.74) is 6.66. The lowest BCUT2D eigenvalue weighted by atomic mass is 10.1. The molecule has 3 heteroatoms. The number of rotatable bonds is 2. The van der Waals surface area contributed by atoms with Crippen molar-refractivity contribution in [3.8, 4) is 0 Å². The van der Waals surface area contributed by atoms with Gasteiger partial charge in [-0.2, -0.15) is 0 Å². The summed E-state index contributed by atoms with van der Waals surface area (Å²) in [4.78, 5) is 5.49. The maximum Gasteiger partial charge on any atom is 0.180 e. The molecule has 1 aromatic heterocycles. The van der Waals surface area contributed by atoms with Gasteiger partial charge in [0.15, 0.2) is 5.13 Å². The van der Waals surface area contributed by atoms with Crippen LogP contribution in [0.5, 0.6) is 0 Å². The van der Waals surface area contributed by atoms with Crippen molar-refractivity contribution in [3.05, 3.63) is 10.6 Å². The molecule has 0 aromatic carbocycles.